The molecule has 2 aromatic rings. The van der Waals surface area contributed by atoms with Crippen LogP contribution in [-0.2, 0) is 22.9 Å². The second-order valence-electron chi connectivity index (χ2n) is 7.08. The molecule has 5 nitrogen and oxygen atoms in total. The van der Waals surface area contributed by atoms with Crippen LogP contribution in [0.1, 0.15) is 24.5 Å². The molecule has 2 aromatic carbocycles. The summed E-state index contributed by atoms with van der Waals surface area (Å²) in [4.78, 5) is 2.13. The number of sulfonamides is 1. The van der Waals surface area contributed by atoms with Gasteiger partial charge in [0.25, 0.3) is 0 Å². The Morgan fingerprint density at radius 1 is 1.07 bits per heavy atom. The van der Waals surface area contributed by atoms with E-state index >= 15 is 0 Å². The standard InChI is InChI=1S/C20H23F3N2O3S/c1-2-9-25-10-7-14-3-4-16(12-15(14)8-11-25)18-13-17(28-20(21,22)23)5-6-19(18)29(24,26)27/h3-6,12-13H,2,7-11H2,1H3,(H2,24,26,27). The van der Waals surface area contributed by atoms with E-state index < -0.39 is 22.1 Å². The molecule has 1 aliphatic rings. The van der Waals surface area contributed by atoms with E-state index in [2.05, 4.69) is 16.6 Å². The van der Waals surface area contributed by atoms with Gasteiger partial charge in [-0.15, -0.1) is 13.2 Å². The van der Waals surface area contributed by atoms with Crippen molar-refractivity contribution in [1.82, 2.24) is 4.90 Å². The first-order valence-electron chi connectivity index (χ1n) is 9.34. The van der Waals surface area contributed by atoms with Crippen molar-refractivity contribution in [2.45, 2.75) is 37.4 Å². The number of ether oxygens (including phenoxy) is 1. The monoisotopic (exact) mass is 428 g/mol. The number of primary sulfonamides is 1. The van der Waals surface area contributed by atoms with Crippen molar-refractivity contribution in [3.63, 3.8) is 0 Å². The lowest BCUT2D eigenvalue weighted by Crippen LogP contribution is -2.27. The highest BCUT2D eigenvalue weighted by molar-refractivity contribution is 7.89. The first-order valence-corrected chi connectivity index (χ1v) is 10.9. The summed E-state index contributed by atoms with van der Waals surface area (Å²) in [6.45, 7) is 4.95. The van der Waals surface area contributed by atoms with Crippen LogP contribution in [0.3, 0.4) is 0 Å². The molecule has 9 heteroatoms. The Labute approximate surface area is 168 Å². The summed E-state index contributed by atoms with van der Waals surface area (Å²) in [7, 11) is -4.13. The Morgan fingerprint density at radius 3 is 2.38 bits per heavy atom. The molecular weight excluding hydrogens is 405 g/mol. The molecule has 0 unspecified atom stereocenters. The van der Waals surface area contributed by atoms with Crippen LogP contribution in [0.5, 0.6) is 5.75 Å². The van der Waals surface area contributed by atoms with Crippen LogP contribution in [0.4, 0.5) is 13.2 Å². The van der Waals surface area contributed by atoms with Gasteiger partial charge in [0.05, 0.1) is 4.90 Å². The fourth-order valence-corrected chi connectivity index (χ4v) is 4.40. The number of hydrogen-bond donors (Lipinski definition) is 1. The molecule has 2 N–H and O–H groups in total. The van der Waals surface area contributed by atoms with E-state index in [1.807, 2.05) is 12.1 Å². The van der Waals surface area contributed by atoms with Crippen molar-refractivity contribution >= 4 is 10.0 Å². The summed E-state index contributed by atoms with van der Waals surface area (Å²) in [6, 6.07) is 8.52. The normalized spacial score (nSPS) is 15.6. The van der Waals surface area contributed by atoms with Gasteiger partial charge in [-0.25, -0.2) is 13.6 Å². The maximum absolute atomic E-state index is 12.6. The minimum Gasteiger partial charge on any atom is -0.406 e. The minimum atomic E-state index is -4.88. The maximum Gasteiger partial charge on any atom is 0.573 e. The van der Waals surface area contributed by atoms with Crippen LogP contribution in [0, 0.1) is 0 Å². The summed E-state index contributed by atoms with van der Waals surface area (Å²) in [6.07, 6.45) is -2.16. The molecule has 0 aliphatic carbocycles. The molecule has 0 fully saturated rings. The molecule has 0 radical (unpaired) electrons. The summed E-state index contributed by atoms with van der Waals surface area (Å²) < 4.78 is 65.8. The number of nitrogens with two attached hydrogens (primary N) is 1. The summed E-state index contributed by atoms with van der Waals surface area (Å²) in [5.41, 5.74) is 2.80. The zero-order chi connectivity index (χ0) is 21.2. The van der Waals surface area contributed by atoms with Crippen LogP contribution in [-0.4, -0.2) is 39.3 Å². The van der Waals surface area contributed by atoms with Crippen molar-refractivity contribution in [2.24, 2.45) is 5.14 Å². The average Bonchev–Trinajstić information content (AvgIpc) is 2.82. The molecule has 0 saturated heterocycles. The number of alkyl halides is 3. The molecular formula is C20H23F3N2O3S. The topological polar surface area (TPSA) is 72.6 Å². The van der Waals surface area contributed by atoms with E-state index in [0.29, 0.717) is 5.56 Å². The van der Waals surface area contributed by atoms with Crippen molar-refractivity contribution in [3.8, 4) is 16.9 Å². The van der Waals surface area contributed by atoms with E-state index in [4.69, 9.17) is 5.14 Å². The van der Waals surface area contributed by atoms with Gasteiger partial charge < -0.3 is 9.64 Å². The molecule has 0 spiro atoms. The highest BCUT2D eigenvalue weighted by Crippen LogP contribution is 2.34. The van der Waals surface area contributed by atoms with Crippen molar-refractivity contribution in [2.75, 3.05) is 19.6 Å². The number of hydrogen-bond acceptors (Lipinski definition) is 4. The second kappa shape index (κ2) is 8.33. The molecule has 1 aliphatic heterocycles. The SMILES string of the molecule is CCCN1CCc2ccc(-c3cc(OC(F)(F)F)ccc3S(N)(=O)=O)cc2CC1. The highest BCUT2D eigenvalue weighted by atomic mass is 32.2. The number of halogens is 3. The van der Waals surface area contributed by atoms with Crippen LogP contribution in [0.25, 0.3) is 11.1 Å². The Kier molecular flexibility index (Phi) is 6.21. The van der Waals surface area contributed by atoms with Crippen LogP contribution in [0.2, 0.25) is 0 Å². The van der Waals surface area contributed by atoms with Gasteiger partial charge in [-0.05, 0) is 60.7 Å². The predicted octanol–water partition coefficient (Wildman–Crippen LogP) is 3.71. The van der Waals surface area contributed by atoms with Gasteiger partial charge in [0.1, 0.15) is 5.75 Å². The summed E-state index contributed by atoms with van der Waals surface area (Å²) >= 11 is 0. The number of rotatable bonds is 5. The Hall–Kier alpha value is -2.10. The van der Waals surface area contributed by atoms with E-state index in [-0.39, 0.29) is 10.5 Å². The second-order valence-corrected chi connectivity index (χ2v) is 8.61. The molecule has 0 saturated carbocycles. The molecule has 0 amide bonds. The summed E-state index contributed by atoms with van der Waals surface area (Å²) in [5, 5.41) is 5.29. The third-order valence-electron chi connectivity index (χ3n) is 4.94. The molecule has 29 heavy (non-hydrogen) atoms. The molecule has 1 heterocycles. The highest BCUT2D eigenvalue weighted by Gasteiger charge is 2.31. The Morgan fingerprint density at radius 2 is 1.76 bits per heavy atom. The van der Waals surface area contributed by atoms with Gasteiger partial charge in [-0.1, -0.05) is 25.1 Å². The van der Waals surface area contributed by atoms with E-state index in [0.717, 1.165) is 68.2 Å². The van der Waals surface area contributed by atoms with Gasteiger partial charge in [0, 0.05) is 18.7 Å². The van der Waals surface area contributed by atoms with Gasteiger partial charge in [0.2, 0.25) is 10.0 Å². The van der Waals surface area contributed by atoms with Crippen molar-refractivity contribution in [1.29, 1.82) is 0 Å². The molecule has 0 aromatic heterocycles. The van der Waals surface area contributed by atoms with Crippen LogP contribution >= 0.6 is 0 Å². The maximum atomic E-state index is 12.6. The average molecular weight is 428 g/mol. The van der Waals surface area contributed by atoms with E-state index in [1.165, 1.54) is 0 Å². The molecule has 0 bridgehead atoms. The third kappa shape index (κ3) is 5.49. The zero-order valence-corrected chi connectivity index (χ0v) is 16.8. The van der Waals surface area contributed by atoms with Gasteiger partial charge in [-0.2, -0.15) is 0 Å². The quantitative estimate of drug-likeness (QED) is 0.788. The minimum absolute atomic E-state index is 0.0895. The van der Waals surface area contributed by atoms with E-state index in [9.17, 15) is 21.6 Å². The number of benzene rings is 2. The molecule has 158 valence electrons. The van der Waals surface area contributed by atoms with Crippen LogP contribution in [0.15, 0.2) is 41.3 Å². The molecule has 0 atom stereocenters. The van der Waals surface area contributed by atoms with Gasteiger partial charge in [0.15, 0.2) is 0 Å². The first-order chi connectivity index (χ1) is 13.6. The Balaban J connectivity index is 2.02. The van der Waals surface area contributed by atoms with E-state index in [1.54, 1.807) is 6.07 Å². The lowest BCUT2D eigenvalue weighted by Gasteiger charge is -2.18. The zero-order valence-electron chi connectivity index (χ0n) is 16.0. The fraction of sp³-hybridized carbons (Fsp3) is 0.400. The lowest BCUT2D eigenvalue weighted by atomic mass is 9.96. The predicted molar refractivity (Wildman–Crippen MR) is 104 cm³/mol. The largest absolute Gasteiger partial charge is 0.573 e. The smallest absolute Gasteiger partial charge is 0.406 e. The van der Waals surface area contributed by atoms with Gasteiger partial charge >= 0.3 is 6.36 Å². The van der Waals surface area contributed by atoms with Crippen molar-refractivity contribution < 1.29 is 26.3 Å². The first kappa shape index (κ1) is 21.6. The Bertz CT molecular complexity index is 991. The number of fused-ring (bicyclic) bond motifs is 1. The third-order valence-corrected chi connectivity index (χ3v) is 5.91. The van der Waals surface area contributed by atoms with Crippen LogP contribution < -0.4 is 9.88 Å². The number of nitrogens with zero attached hydrogens (tertiary/aromatic N) is 1. The van der Waals surface area contributed by atoms with Gasteiger partial charge in [-0.3, -0.25) is 0 Å². The molecule has 3 rings (SSSR count). The summed E-state index contributed by atoms with van der Waals surface area (Å²) in [5.74, 6) is -0.496. The lowest BCUT2D eigenvalue weighted by molar-refractivity contribution is -0.274. The fourth-order valence-electron chi connectivity index (χ4n) is 3.66. The van der Waals surface area contributed by atoms with Crippen molar-refractivity contribution in [3.05, 3.63) is 47.5 Å².